The SMILES string of the molecule is CSCCn1ccnc1/C(N)=N/O. The minimum Gasteiger partial charge on any atom is -0.409 e. The molecule has 72 valence electrons. The van der Waals surface area contributed by atoms with Crippen molar-refractivity contribution in [3.05, 3.63) is 18.2 Å². The van der Waals surface area contributed by atoms with Gasteiger partial charge in [0.2, 0.25) is 5.84 Å². The Morgan fingerprint density at radius 2 is 2.62 bits per heavy atom. The highest BCUT2D eigenvalue weighted by Gasteiger charge is 2.06. The molecule has 0 aliphatic carbocycles. The van der Waals surface area contributed by atoms with E-state index in [1.807, 2.05) is 17.0 Å². The molecule has 13 heavy (non-hydrogen) atoms. The molecule has 0 spiro atoms. The van der Waals surface area contributed by atoms with Crippen molar-refractivity contribution in [3.63, 3.8) is 0 Å². The smallest absolute Gasteiger partial charge is 0.206 e. The van der Waals surface area contributed by atoms with Crippen LogP contribution in [0.4, 0.5) is 0 Å². The van der Waals surface area contributed by atoms with Gasteiger partial charge in [0, 0.05) is 24.7 Å². The minimum atomic E-state index is 0.0473. The molecule has 0 saturated carbocycles. The minimum absolute atomic E-state index is 0.0473. The zero-order valence-electron chi connectivity index (χ0n) is 7.34. The molecule has 0 saturated heterocycles. The van der Waals surface area contributed by atoms with Gasteiger partial charge in [-0.25, -0.2) is 4.98 Å². The lowest BCUT2D eigenvalue weighted by Gasteiger charge is -2.04. The predicted octanol–water partition coefficient (Wildman–Crippen LogP) is 0.341. The first kappa shape index (κ1) is 9.91. The maximum atomic E-state index is 8.46. The molecular formula is C7H12N4OS. The normalized spacial score (nSPS) is 11.9. The van der Waals surface area contributed by atoms with Crippen molar-refractivity contribution in [3.8, 4) is 0 Å². The van der Waals surface area contributed by atoms with Gasteiger partial charge >= 0.3 is 0 Å². The molecule has 0 atom stereocenters. The van der Waals surface area contributed by atoms with Crippen LogP contribution in [0.5, 0.6) is 0 Å². The molecule has 6 heteroatoms. The highest BCUT2D eigenvalue weighted by Crippen LogP contribution is 2.00. The van der Waals surface area contributed by atoms with Crippen LogP contribution >= 0.6 is 11.8 Å². The summed E-state index contributed by atoms with van der Waals surface area (Å²) in [5, 5.41) is 11.4. The zero-order chi connectivity index (χ0) is 9.68. The Kier molecular flexibility index (Phi) is 3.63. The van der Waals surface area contributed by atoms with Crippen molar-refractivity contribution in [1.29, 1.82) is 0 Å². The van der Waals surface area contributed by atoms with Gasteiger partial charge in [-0.15, -0.1) is 0 Å². The summed E-state index contributed by atoms with van der Waals surface area (Å²) in [7, 11) is 0. The van der Waals surface area contributed by atoms with E-state index in [1.165, 1.54) is 0 Å². The molecule has 1 heterocycles. The Labute approximate surface area is 80.6 Å². The van der Waals surface area contributed by atoms with Crippen LogP contribution in [0.3, 0.4) is 0 Å². The number of aromatic nitrogens is 2. The number of amidine groups is 1. The van der Waals surface area contributed by atoms with Crippen LogP contribution in [0.1, 0.15) is 5.82 Å². The average Bonchev–Trinajstić information content (AvgIpc) is 2.61. The van der Waals surface area contributed by atoms with Crippen molar-refractivity contribution in [1.82, 2.24) is 9.55 Å². The number of nitrogens with zero attached hydrogens (tertiary/aromatic N) is 3. The van der Waals surface area contributed by atoms with Gasteiger partial charge in [0.25, 0.3) is 0 Å². The van der Waals surface area contributed by atoms with Gasteiger partial charge in [-0.2, -0.15) is 11.8 Å². The van der Waals surface area contributed by atoms with Crippen molar-refractivity contribution < 1.29 is 5.21 Å². The van der Waals surface area contributed by atoms with Crippen molar-refractivity contribution in [2.75, 3.05) is 12.0 Å². The van der Waals surface area contributed by atoms with E-state index in [2.05, 4.69) is 10.1 Å². The fourth-order valence-corrected chi connectivity index (χ4v) is 1.34. The molecule has 0 unspecified atom stereocenters. The summed E-state index contributed by atoms with van der Waals surface area (Å²) in [6.45, 7) is 0.812. The van der Waals surface area contributed by atoms with Gasteiger partial charge in [0.05, 0.1) is 0 Å². The molecule has 1 rings (SSSR count). The van der Waals surface area contributed by atoms with E-state index < -0.39 is 0 Å². The number of hydrogen-bond donors (Lipinski definition) is 2. The topological polar surface area (TPSA) is 76.4 Å². The molecule has 1 aromatic rings. The van der Waals surface area contributed by atoms with E-state index in [1.54, 1.807) is 18.0 Å². The quantitative estimate of drug-likeness (QED) is 0.318. The second-order valence-electron chi connectivity index (χ2n) is 2.42. The van der Waals surface area contributed by atoms with Crippen molar-refractivity contribution in [2.45, 2.75) is 6.54 Å². The number of thioether (sulfide) groups is 1. The Balaban J connectivity index is 2.77. The third kappa shape index (κ3) is 2.38. The van der Waals surface area contributed by atoms with E-state index in [9.17, 15) is 0 Å². The van der Waals surface area contributed by atoms with Crippen LogP contribution in [-0.4, -0.2) is 32.6 Å². The first-order valence-corrected chi connectivity index (χ1v) is 5.17. The van der Waals surface area contributed by atoms with Gasteiger partial charge in [0.15, 0.2) is 5.82 Å². The highest BCUT2D eigenvalue weighted by atomic mass is 32.2. The van der Waals surface area contributed by atoms with E-state index >= 15 is 0 Å². The van der Waals surface area contributed by atoms with Gasteiger partial charge in [-0.05, 0) is 6.26 Å². The van der Waals surface area contributed by atoms with Crippen LogP contribution in [0, 0.1) is 0 Å². The molecule has 0 radical (unpaired) electrons. The lowest BCUT2D eigenvalue weighted by molar-refractivity contribution is 0.318. The second-order valence-corrected chi connectivity index (χ2v) is 3.41. The maximum absolute atomic E-state index is 8.46. The van der Waals surface area contributed by atoms with Crippen molar-refractivity contribution in [2.24, 2.45) is 10.9 Å². The molecule has 1 aromatic heterocycles. The molecule has 5 nitrogen and oxygen atoms in total. The molecule has 0 fully saturated rings. The highest BCUT2D eigenvalue weighted by molar-refractivity contribution is 7.98. The summed E-state index contributed by atoms with van der Waals surface area (Å²) in [5.74, 6) is 1.53. The van der Waals surface area contributed by atoms with Crippen LogP contribution in [-0.2, 0) is 6.54 Å². The van der Waals surface area contributed by atoms with Crippen LogP contribution < -0.4 is 5.73 Å². The first-order valence-electron chi connectivity index (χ1n) is 3.77. The number of oxime groups is 1. The monoisotopic (exact) mass is 200 g/mol. The lowest BCUT2D eigenvalue weighted by atomic mass is 10.5. The number of rotatable bonds is 4. The van der Waals surface area contributed by atoms with E-state index in [0.717, 1.165) is 12.3 Å². The van der Waals surface area contributed by atoms with Crippen LogP contribution in [0.15, 0.2) is 17.5 Å². The van der Waals surface area contributed by atoms with Crippen LogP contribution in [0.2, 0.25) is 0 Å². The average molecular weight is 200 g/mol. The number of aryl methyl sites for hydroxylation is 1. The fourth-order valence-electron chi connectivity index (χ4n) is 0.957. The summed E-state index contributed by atoms with van der Waals surface area (Å²) < 4.78 is 1.85. The summed E-state index contributed by atoms with van der Waals surface area (Å²) >= 11 is 1.74. The second kappa shape index (κ2) is 4.76. The van der Waals surface area contributed by atoms with E-state index in [0.29, 0.717) is 5.82 Å². The van der Waals surface area contributed by atoms with E-state index in [-0.39, 0.29) is 5.84 Å². The number of imidazole rings is 1. The van der Waals surface area contributed by atoms with Gasteiger partial charge in [0.1, 0.15) is 0 Å². The van der Waals surface area contributed by atoms with E-state index in [4.69, 9.17) is 10.9 Å². The summed E-state index contributed by atoms with van der Waals surface area (Å²) in [6, 6.07) is 0. The molecular weight excluding hydrogens is 188 g/mol. The predicted molar refractivity (Wildman–Crippen MR) is 53.1 cm³/mol. The largest absolute Gasteiger partial charge is 0.409 e. The van der Waals surface area contributed by atoms with Crippen molar-refractivity contribution >= 4 is 17.6 Å². The van der Waals surface area contributed by atoms with Gasteiger partial charge in [-0.3, -0.25) is 0 Å². The standard InChI is InChI=1S/C7H12N4OS/c1-13-5-4-11-3-2-9-7(11)6(8)10-12/h2-3,12H,4-5H2,1H3,(H2,8,10). The molecule has 0 bridgehead atoms. The van der Waals surface area contributed by atoms with Gasteiger partial charge in [-0.1, -0.05) is 5.16 Å². The van der Waals surface area contributed by atoms with Gasteiger partial charge < -0.3 is 15.5 Å². The summed E-state index contributed by atoms with van der Waals surface area (Å²) in [6.07, 6.45) is 5.47. The lowest BCUT2D eigenvalue weighted by Crippen LogP contribution is -2.20. The Bertz CT molecular complexity index is 296. The molecule has 3 N–H and O–H groups in total. The Morgan fingerprint density at radius 3 is 3.23 bits per heavy atom. The Morgan fingerprint density at radius 1 is 1.85 bits per heavy atom. The molecule has 0 aliphatic rings. The summed E-state index contributed by atoms with van der Waals surface area (Å²) in [4.78, 5) is 3.98. The molecule has 0 aromatic carbocycles. The summed E-state index contributed by atoms with van der Waals surface area (Å²) in [5.41, 5.74) is 5.42. The molecule has 0 aliphatic heterocycles. The number of hydrogen-bond acceptors (Lipinski definition) is 4. The Hall–Kier alpha value is -1.17. The molecule has 0 amide bonds. The third-order valence-corrected chi connectivity index (χ3v) is 2.18. The van der Waals surface area contributed by atoms with Crippen LogP contribution in [0.25, 0.3) is 0 Å². The number of nitrogens with two attached hydrogens (primary N) is 1. The fraction of sp³-hybridized carbons (Fsp3) is 0.429. The zero-order valence-corrected chi connectivity index (χ0v) is 8.16. The third-order valence-electron chi connectivity index (χ3n) is 1.59. The maximum Gasteiger partial charge on any atom is 0.206 e. The first-order chi connectivity index (χ1) is 6.29.